The number of nitrogens with one attached hydrogen (secondary N) is 3. The third-order valence-corrected chi connectivity index (χ3v) is 2.93. The Kier molecular flexibility index (Phi) is 4.78. The fourth-order valence-corrected chi connectivity index (χ4v) is 1.88. The Morgan fingerprint density at radius 3 is 2.86 bits per heavy atom. The maximum Gasteiger partial charge on any atom is 0.268 e. The summed E-state index contributed by atoms with van der Waals surface area (Å²) in [4.78, 5) is 26.4. The third kappa shape index (κ3) is 3.96. The van der Waals surface area contributed by atoms with Crippen LogP contribution in [0.15, 0.2) is 24.3 Å². The lowest BCUT2D eigenvalue weighted by molar-refractivity contribution is -0.120. The highest BCUT2D eigenvalue weighted by Crippen LogP contribution is 2.18. The van der Waals surface area contributed by atoms with Crippen LogP contribution in [0, 0.1) is 0 Å². The fraction of sp³-hybridized carbons (Fsp3) is 0.286. The zero-order valence-corrected chi connectivity index (χ0v) is 11.7. The van der Waals surface area contributed by atoms with Gasteiger partial charge in [-0.25, -0.2) is 0 Å². The number of aromatic nitrogens is 1. The van der Waals surface area contributed by atoms with Gasteiger partial charge in [0.1, 0.15) is 5.69 Å². The Morgan fingerprint density at radius 2 is 2.10 bits per heavy atom. The number of rotatable bonds is 6. The van der Waals surface area contributed by atoms with Crippen LogP contribution < -0.4 is 16.4 Å². The molecule has 0 aliphatic rings. The first-order chi connectivity index (χ1) is 10.1. The molecule has 2 aromatic rings. The predicted octanol–water partition coefficient (Wildman–Crippen LogP) is 0.243. The molecule has 1 aromatic carbocycles. The van der Waals surface area contributed by atoms with Gasteiger partial charge >= 0.3 is 0 Å². The van der Waals surface area contributed by atoms with Crippen molar-refractivity contribution in [3.05, 3.63) is 30.0 Å². The number of amides is 2. The second kappa shape index (κ2) is 6.76. The number of benzene rings is 1. The van der Waals surface area contributed by atoms with Crippen LogP contribution in [0.2, 0.25) is 0 Å². The second-order valence-electron chi connectivity index (χ2n) is 4.56. The van der Waals surface area contributed by atoms with Gasteiger partial charge in [0.05, 0.1) is 13.2 Å². The van der Waals surface area contributed by atoms with Gasteiger partial charge in [-0.1, -0.05) is 0 Å². The Balaban J connectivity index is 1.91. The Labute approximate surface area is 121 Å². The van der Waals surface area contributed by atoms with Crippen molar-refractivity contribution < 1.29 is 14.3 Å². The highest BCUT2D eigenvalue weighted by molar-refractivity contribution is 5.99. The highest BCUT2D eigenvalue weighted by atomic mass is 16.5. The molecule has 21 heavy (non-hydrogen) atoms. The number of fused-ring (bicyclic) bond motifs is 1. The van der Waals surface area contributed by atoms with Gasteiger partial charge in [-0.3, -0.25) is 9.59 Å². The van der Waals surface area contributed by atoms with E-state index in [0.717, 1.165) is 10.9 Å². The molecule has 0 saturated heterocycles. The molecule has 2 rings (SSSR count). The van der Waals surface area contributed by atoms with Gasteiger partial charge in [0.15, 0.2) is 0 Å². The van der Waals surface area contributed by atoms with Gasteiger partial charge in [0, 0.05) is 30.2 Å². The fourth-order valence-electron chi connectivity index (χ4n) is 1.88. The average molecular weight is 290 g/mol. The molecule has 0 aliphatic heterocycles. The molecule has 0 saturated carbocycles. The summed E-state index contributed by atoms with van der Waals surface area (Å²) in [5.74, 6) is -0.604. The summed E-state index contributed by atoms with van der Waals surface area (Å²) in [7, 11) is 1.55. The van der Waals surface area contributed by atoms with Crippen molar-refractivity contribution in [1.29, 1.82) is 0 Å². The van der Waals surface area contributed by atoms with Crippen LogP contribution in [0.5, 0.6) is 0 Å². The van der Waals surface area contributed by atoms with E-state index in [0.29, 0.717) is 24.5 Å². The van der Waals surface area contributed by atoms with E-state index in [1.54, 1.807) is 31.4 Å². The molecule has 0 unspecified atom stereocenters. The van der Waals surface area contributed by atoms with Gasteiger partial charge in [-0.05, 0) is 24.3 Å². The maximum atomic E-state index is 12.0. The number of nitrogen functional groups attached to an aromatic ring is 1. The van der Waals surface area contributed by atoms with Crippen molar-refractivity contribution in [2.45, 2.75) is 0 Å². The number of H-pyrrole nitrogens is 1. The molecular formula is C14H18N4O3. The van der Waals surface area contributed by atoms with Crippen molar-refractivity contribution in [1.82, 2.24) is 15.6 Å². The van der Waals surface area contributed by atoms with Crippen molar-refractivity contribution >= 4 is 28.4 Å². The molecule has 0 spiro atoms. The number of hydrogen-bond donors (Lipinski definition) is 4. The standard InChI is InChI=1S/C14H18N4O3/c1-21-5-4-16-13(19)8-17-14(20)12-7-9-6-10(15)2-3-11(9)18-12/h2-3,6-7,18H,4-5,8,15H2,1H3,(H,16,19)(H,17,20). The molecule has 1 heterocycles. The summed E-state index contributed by atoms with van der Waals surface area (Å²) < 4.78 is 4.81. The number of methoxy groups -OCH3 is 1. The highest BCUT2D eigenvalue weighted by Gasteiger charge is 2.10. The Hall–Kier alpha value is -2.54. The van der Waals surface area contributed by atoms with Crippen LogP contribution >= 0.6 is 0 Å². The third-order valence-electron chi connectivity index (χ3n) is 2.93. The molecule has 2 amide bonds. The largest absolute Gasteiger partial charge is 0.399 e. The predicted molar refractivity (Wildman–Crippen MR) is 79.9 cm³/mol. The van der Waals surface area contributed by atoms with Crippen LogP contribution in [0.1, 0.15) is 10.5 Å². The van der Waals surface area contributed by atoms with E-state index in [1.807, 2.05) is 0 Å². The van der Waals surface area contributed by atoms with E-state index >= 15 is 0 Å². The lowest BCUT2D eigenvalue weighted by Gasteiger charge is -2.05. The first kappa shape index (κ1) is 14.9. The van der Waals surface area contributed by atoms with E-state index in [4.69, 9.17) is 10.5 Å². The van der Waals surface area contributed by atoms with E-state index in [2.05, 4.69) is 15.6 Å². The molecule has 0 fully saturated rings. The van der Waals surface area contributed by atoms with Crippen LogP contribution in [0.4, 0.5) is 5.69 Å². The maximum absolute atomic E-state index is 12.0. The minimum atomic E-state index is -0.341. The number of anilines is 1. The van der Waals surface area contributed by atoms with E-state index < -0.39 is 0 Å². The van der Waals surface area contributed by atoms with E-state index in [-0.39, 0.29) is 18.4 Å². The summed E-state index contributed by atoms with van der Waals surface area (Å²) >= 11 is 0. The molecule has 0 bridgehead atoms. The molecular weight excluding hydrogens is 272 g/mol. The first-order valence-corrected chi connectivity index (χ1v) is 6.52. The summed E-state index contributed by atoms with van der Waals surface area (Å²) in [5, 5.41) is 6.02. The zero-order valence-electron chi connectivity index (χ0n) is 11.7. The summed E-state index contributed by atoms with van der Waals surface area (Å²) in [6.45, 7) is 0.764. The number of carbonyl (C=O) groups is 2. The van der Waals surface area contributed by atoms with Crippen LogP contribution in [-0.2, 0) is 9.53 Å². The van der Waals surface area contributed by atoms with Crippen LogP contribution in [0.3, 0.4) is 0 Å². The summed E-state index contributed by atoms with van der Waals surface area (Å²) in [6, 6.07) is 7.03. The molecule has 1 aromatic heterocycles. The van der Waals surface area contributed by atoms with Gasteiger partial charge in [0.25, 0.3) is 5.91 Å². The number of carbonyl (C=O) groups excluding carboxylic acids is 2. The summed E-state index contributed by atoms with van der Waals surface area (Å²) in [5.41, 5.74) is 7.53. The van der Waals surface area contributed by atoms with Gasteiger partial charge in [-0.2, -0.15) is 0 Å². The van der Waals surface area contributed by atoms with Crippen molar-refractivity contribution in [2.75, 3.05) is 32.5 Å². The molecule has 5 N–H and O–H groups in total. The zero-order chi connectivity index (χ0) is 15.2. The normalized spacial score (nSPS) is 10.5. The lowest BCUT2D eigenvalue weighted by atomic mass is 10.2. The monoisotopic (exact) mass is 290 g/mol. The Morgan fingerprint density at radius 1 is 1.29 bits per heavy atom. The average Bonchev–Trinajstić information content (AvgIpc) is 2.88. The Bertz CT molecular complexity index is 651. The molecule has 7 nitrogen and oxygen atoms in total. The summed E-state index contributed by atoms with van der Waals surface area (Å²) in [6.07, 6.45) is 0. The first-order valence-electron chi connectivity index (χ1n) is 6.52. The van der Waals surface area contributed by atoms with Crippen LogP contribution in [-0.4, -0.2) is 43.6 Å². The quantitative estimate of drug-likeness (QED) is 0.451. The number of ether oxygens (including phenoxy) is 1. The van der Waals surface area contributed by atoms with Gasteiger partial charge in [-0.15, -0.1) is 0 Å². The van der Waals surface area contributed by atoms with Gasteiger partial charge < -0.3 is 26.1 Å². The SMILES string of the molecule is COCCNC(=O)CNC(=O)c1cc2cc(N)ccc2[nH]1. The number of hydrogen-bond acceptors (Lipinski definition) is 4. The van der Waals surface area contributed by atoms with E-state index in [1.165, 1.54) is 0 Å². The smallest absolute Gasteiger partial charge is 0.268 e. The topological polar surface area (TPSA) is 109 Å². The van der Waals surface area contributed by atoms with Crippen LogP contribution in [0.25, 0.3) is 10.9 Å². The van der Waals surface area contributed by atoms with Crippen molar-refractivity contribution in [3.8, 4) is 0 Å². The molecule has 0 atom stereocenters. The molecule has 112 valence electrons. The van der Waals surface area contributed by atoms with E-state index in [9.17, 15) is 9.59 Å². The van der Waals surface area contributed by atoms with Crippen molar-refractivity contribution in [2.24, 2.45) is 0 Å². The molecule has 0 aliphatic carbocycles. The number of aromatic amines is 1. The van der Waals surface area contributed by atoms with Crippen molar-refractivity contribution in [3.63, 3.8) is 0 Å². The molecule has 7 heteroatoms. The molecule has 0 radical (unpaired) electrons. The lowest BCUT2D eigenvalue weighted by Crippen LogP contribution is -2.38. The minimum absolute atomic E-state index is 0.0833. The number of nitrogens with two attached hydrogens (primary N) is 1. The minimum Gasteiger partial charge on any atom is -0.399 e. The van der Waals surface area contributed by atoms with Gasteiger partial charge in [0.2, 0.25) is 5.91 Å². The second-order valence-corrected chi connectivity index (χ2v) is 4.56.